The van der Waals surface area contributed by atoms with Gasteiger partial charge in [0.05, 0.1) is 5.56 Å². The van der Waals surface area contributed by atoms with E-state index in [1.807, 2.05) is 24.3 Å². The van der Waals surface area contributed by atoms with E-state index in [9.17, 15) is 18.0 Å². The van der Waals surface area contributed by atoms with Crippen LogP contribution in [0.15, 0.2) is 53.1 Å². The minimum Gasteiger partial charge on any atom is -0.405 e. The molecule has 2 aromatic carbocycles. The zero-order chi connectivity index (χ0) is 21.3. The van der Waals surface area contributed by atoms with Gasteiger partial charge in [-0.15, -0.1) is 13.2 Å². The Balaban J connectivity index is 1.54. The molecule has 0 radical (unpaired) electrons. The number of ether oxygens (including phenoxy) is 1. The van der Waals surface area contributed by atoms with Crippen molar-refractivity contribution in [3.8, 4) is 17.2 Å². The van der Waals surface area contributed by atoms with Crippen molar-refractivity contribution in [2.75, 3.05) is 11.4 Å². The molecule has 3 aromatic rings. The highest BCUT2D eigenvalue weighted by Gasteiger charge is 2.36. The third-order valence-corrected chi connectivity index (χ3v) is 4.93. The van der Waals surface area contributed by atoms with Gasteiger partial charge in [0, 0.05) is 24.6 Å². The van der Waals surface area contributed by atoms with Crippen LogP contribution in [0.2, 0.25) is 0 Å². The second kappa shape index (κ2) is 7.81. The largest absolute Gasteiger partial charge is 0.573 e. The molecule has 1 aliphatic rings. The molecule has 0 saturated carbocycles. The van der Waals surface area contributed by atoms with Crippen molar-refractivity contribution in [2.24, 2.45) is 0 Å². The Labute approximate surface area is 170 Å². The van der Waals surface area contributed by atoms with Gasteiger partial charge < -0.3 is 14.2 Å². The topological polar surface area (TPSA) is 68.5 Å². The van der Waals surface area contributed by atoms with E-state index in [0.717, 1.165) is 12.1 Å². The van der Waals surface area contributed by atoms with Crippen LogP contribution in [-0.2, 0) is 11.2 Å². The second-order valence-corrected chi connectivity index (χ2v) is 6.93. The first kappa shape index (κ1) is 19.9. The smallest absolute Gasteiger partial charge is 0.405 e. The lowest BCUT2D eigenvalue weighted by molar-refractivity contribution is -0.274. The second-order valence-electron chi connectivity index (χ2n) is 6.93. The monoisotopic (exact) mass is 417 g/mol. The van der Waals surface area contributed by atoms with Crippen molar-refractivity contribution in [1.82, 2.24) is 10.1 Å². The number of amides is 1. The van der Waals surface area contributed by atoms with Crippen LogP contribution < -0.4 is 9.64 Å². The number of nitrogens with zero attached hydrogens (tertiary/aromatic N) is 3. The Bertz CT molecular complexity index is 1050. The summed E-state index contributed by atoms with van der Waals surface area (Å²) in [5.74, 6) is -0.649. The summed E-state index contributed by atoms with van der Waals surface area (Å²) in [7, 11) is 0. The summed E-state index contributed by atoms with van der Waals surface area (Å²) in [6, 6.07) is 13.3. The van der Waals surface area contributed by atoms with Gasteiger partial charge in [0.25, 0.3) is 5.89 Å². The predicted octanol–water partition coefficient (Wildman–Crippen LogP) is 4.72. The molecule has 1 aliphatic heterocycles. The fraction of sp³-hybridized carbons (Fsp3) is 0.286. The number of hydrogen-bond acceptors (Lipinski definition) is 5. The van der Waals surface area contributed by atoms with Gasteiger partial charge in [0.2, 0.25) is 5.91 Å². The number of halogens is 3. The zero-order valence-corrected chi connectivity index (χ0v) is 16.0. The van der Waals surface area contributed by atoms with Crippen LogP contribution in [0.5, 0.6) is 5.75 Å². The van der Waals surface area contributed by atoms with E-state index in [2.05, 4.69) is 21.8 Å². The molecular formula is C21H18F3N3O3. The number of hydrogen-bond donors (Lipinski definition) is 0. The highest BCUT2D eigenvalue weighted by molar-refractivity contribution is 5.96. The molecule has 30 heavy (non-hydrogen) atoms. The Morgan fingerprint density at radius 3 is 2.60 bits per heavy atom. The summed E-state index contributed by atoms with van der Waals surface area (Å²) in [4.78, 5) is 18.4. The molecule has 0 unspecified atom stereocenters. The molecular weight excluding hydrogens is 399 g/mol. The molecule has 0 N–H and O–H groups in total. The van der Waals surface area contributed by atoms with Crippen LogP contribution in [-0.4, -0.2) is 29.0 Å². The number of para-hydroxylation sites is 1. The van der Waals surface area contributed by atoms with E-state index in [0.29, 0.717) is 6.54 Å². The Hall–Kier alpha value is -3.36. The molecule has 4 rings (SSSR count). The third kappa shape index (κ3) is 4.14. The SMILES string of the molecule is CCc1ccc(N2C[C@@H](c3noc(-c4ccccc4OC(F)(F)F)n3)CC2=O)cc1. The molecule has 2 heterocycles. The van der Waals surface area contributed by atoms with Crippen LogP contribution in [0, 0.1) is 0 Å². The zero-order valence-electron chi connectivity index (χ0n) is 16.0. The number of aromatic nitrogens is 2. The first-order chi connectivity index (χ1) is 14.3. The molecule has 1 fully saturated rings. The van der Waals surface area contributed by atoms with Gasteiger partial charge >= 0.3 is 6.36 Å². The maximum absolute atomic E-state index is 12.7. The maximum atomic E-state index is 12.7. The number of rotatable bonds is 5. The lowest BCUT2D eigenvalue weighted by Gasteiger charge is -2.16. The average Bonchev–Trinajstić information content (AvgIpc) is 3.34. The number of aryl methyl sites for hydroxylation is 1. The van der Waals surface area contributed by atoms with Gasteiger partial charge in [-0.1, -0.05) is 36.3 Å². The number of alkyl halides is 3. The quantitative estimate of drug-likeness (QED) is 0.601. The van der Waals surface area contributed by atoms with E-state index in [1.54, 1.807) is 11.0 Å². The number of carbonyl (C=O) groups excluding carboxylic acids is 1. The van der Waals surface area contributed by atoms with Crippen LogP contribution in [0.4, 0.5) is 18.9 Å². The van der Waals surface area contributed by atoms with E-state index < -0.39 is 12.1 Å². The van der Waals surface area contributed by atoms with Crippen molar-refractivity contribution in [3.05, 3.63) is 59.9 Å². The summed E-state index contributed by atoms with van der Waals surface area (Å²) >= 11 is 0. The fourth-order valence-corrected chi connectivity index (χ4v) is 3.41. The Morgan fingerprint density at radius 1 is 1.17 bits per heavy atom. The van der Waals surface area contributed by atoms with Gasteiger partial charge in [-0.3, -0.25) is 4.79 Å². The molecule has 156 valence electrons. The third-order valence-electron chi connectivity index (χ3n) is 4.93. The Morgan fingerprint density at radius 2 is 1.90 bits per heavy atom. The average molecular weight is 417 g/mol. The maximum Gasteiger partial charge on any atom is 0.573 e. The predicted molar refractivity (Wildman–Crippen MR) is 102 cm³/mol. The first-order valence-electron chi connectivity index (χ1n) is 9.42. The van der Waals surface area contributed by atoms with E-state index in [1.165, 1.54) is 23.8 Å². The first-order valence-corrected chi connectivity index (χ1v) is 9.42. The number of anilines is 1. The van der Waals surface area contributed by atoms with Crippen molar-refractivity contribution in [1.29, 1.82) is 0 Å². The van der Waals surface area contributed by atoms with Crippen molar-refractivity contribution < 1.29 is 27.2 Å². The highest BCUT2D eigenvalue weighted by atomic mass is 19.4. The molecule has 1 saturated heterocycles. The van der Waals surface area contributed by atoms with Crippen molar-refractivity contribution >= 4 is 11.6 Å². The molecule has 6 nitrogen and oxygen atoms in total. The molecule has 0 aliphatic carbocycles. The highest BCUT2D eigenvalue weighted by Crippen LogP contribution is 2.35. The fourth-order valence-electron chi connectivity index (χ4n) is 3.41. The van der Waals surface area contributed by atoms with Gasteiger partial charge in [-0.2, -0.15) is 4.98 Å². The summed E-state index contributed by atoms with van der Waals surface area (Å²) in [6.07, 6.45) is -3.75. The van der Waals surface area contributed by atoms with Gasteiger partial charge in [-0.05, 0) is 36.2 Å². The summed E-state index contributed by atoms with van der Waals surface area (Å²) < 4.78 is 47.2. The molecule has 9 heteroatoms. The lowest BCUT2D eigenvalue weighted by atomic mass is 10.1. The molecule has 1 aromatic heterocycles. The van der Waals surface area contributed by atoms with Gasteiger partial charge in [-0.25, -0.2) is 0 Å². The summed E-state index contributed by atoms with van der Waals surface area (Å²) in [5.41, 5.74) is 1.99. The molecule has 0 bridgehead atoms. The number of benzene rings is 2. The van der Waals surface area contributed by atoms with Crippen LogP contribution >= 0.6 is 0 Å². The van der Waals surface area contributed by atoms with E-state index >= 15 is 0 Å². The molecule has 1 amide bonds. The molecule has 1 atom stereocenters. The molecule has 0 spiro atoms. The van der Waals surface area contributed by atoms with Crippen LogP contribution in [0.25, 0.3) is 11.5 Å². The number of carbonyl (C=O) groups is 1. The Kier molecular flexibility index (Phi) is 5.19. The van der Waals surface area contributed by atoms with Crippen LogP contribution in [0.1, 0.15) is 30.7 Å². The normalized spacial score (nSPS) is 16.9. The van der Waals surface area contributed by atoms with Gasteiger partial charge in [0.1, 0.15) is 5.75 Å². The van der Waals surface area contributed by atoms with Crippen molar-refractivity contribution in [3.63, 3.8) is 0 Å². The van der Waals surface area contributed by atoms with E-state index in [4.69, 9.17) is 4.52 Å². The summed E-state index contributed by atoms with van der Waals surface area (Å²) in [6.45, 7) is 2.42. The summed E-state index contributed by atoms with van der Waals surface area (Å²) in [5, 5.41) is 3.90. The van der Waals surface area contributed by atoms with E-state index in [-0.39, 0.29) is 35.5 Å². The minimum atomic E-state index is -4.84. The minimum absolute atomic E-state index is 0.0323. The lowest BCUT2D eigenvalue weighted by Crippen LogP contribution is -2.24. The standard InChI is InChI=1S/C21H18F3N3O3/c1-2-13-7-9-15(10-8-13)27-12-14(11-18(27)28)19-25-20(30-26-19)16-5-3-4-6-17(16)29-21(22,23)24/h3-10,14H,2,11-12H2,1H3/t14-/m0/s1. The van der Waals surface area contributed by atoms with Crippen molar-refractivity contribution in [2.45, 2.75) is 32.0 Å². The van der Waals surface area contributed by atoms with Crippen LogP contribution in [0.3, 0.4) is 0 Å². The van der Waals surface area contributed by atoms with Gasteiger partial charge in [0.15, 0.2) is 5.82 Å².